The van der Waals surface area contributed by atoms with E-state index in [-0.39, 0.29) is 26.4 Å². The zero-order chi connectivity index (χ0) is 26.5. The number of hydrogen-bond acceptors (Lipinski definition) is 6. The topological polar surface area (TPSA) is 112 Å². The molecule has 0 spiro atoms. The van der Waals surface area contributed by atoms with Crippen LogP contribution in [0.15, 0.2) is 84.9 Å². The molecule has 0 aliphatic carbocycles. The van der Waals surface area contributed by atoms with E-state index in [1.807, 2.05) is 84.9 Å². The molecule has 0 amide bonds. The zero-order valence-corrected chi connectivity index (χ0v) is 20.3. The first-order chi connectivity index (χ1) is 18.4. The van der Waals surface area contributed by atoms with E-state index in [1.54, 1.807) is 0 Å². The van der Waals surface area contributed by atoms with Crippen molar-refractivity contribution in [2.45, 2.75) is 12.8 Å². The van der Waals surface area contributed by atoms with Crippen LogP contribution >= 0.6 is 0 Å². The molecule has 4 aromatic rings. The van der Waals surface area contributed by atoms with Crippen molar-refractivity contribution in [2.24, 2.45) is 0 Å². The highest BCUT2D eigenvalue weighted by atomic mass is 16.7. The Kier molecular flexibility index (Phi) is 7.13. The Balaban J connectivity index is 0.000000155. The van der Waals surface area contributed by atoms with Gasteiger partial charge in [0, 0.05) is 0 Å². The maximum absolute atomic E-state index is 10.6. The number of rotatable bonds is 6. The smallest absolute Gasteiger partial charge is 0.307 e. The van der Waals surface area contributed by atoms with E-state index in [2.05, 4.69) is 0 Å². The Morgan fingerprint density at radius 3 is 1.21 bits per heavy atom. The average Bonchev–Trinajstić information content (AvgIpc) is 3.58. The van der Waals surface area contributed by atoms with Gasteiger partial charge in [-0.15, -0.1) is 0 Å². The fourth-order valence-electron chi connectivity index (χ4n) is 4.13. The van der Waals surface area contributed by atoms with Crippen LogP contribution in [0.5, 0.6) is 23.0 Å². The summed E-state index contributed by atoms with van der Waals surface area (Å²) in [5.74, 6) is 1.35. The molecule has 2 aliphatic rings. The van der Waals surface area contributed by atoms with Crippen LogP contribution in [0.25, 0.3) is 22.3 Å². The lowest BCUT2D eigenvalue weighted by Gasteiger charge is -2.04. The number of benzene rings is 4. The van der Waals surface area contributed by atoms with Gasteiger partial charge in [-0.25, -0.2) is 0 Å². The summed E-state index contributed by atoms with van der Waals surface area (Å²) in [5, 5.41) is 17.5. The van der Waals surface area contributed by atoms with E-state index in [0.717, 1.165) is 56.4 Å². The highest BCUT2D eigenvalue weighted by Gasteiger charge is 2.15. The molecule has 0 fully saturated rings. The molecule has 38 heavy (non-hydrogen) atoms. The summed E-state index contributed by atoms with van der Waals surface area (Å²) in [5.41, 5.74) is 5.66. The van der Waals surface area contributed by atoms with Gasteiger partial charge >= 0.3 is 11.9 Å². The highest BCUT2D eigenvalue weighted by molar-refractivity contribution is 5.73. The number of carboxylic acid groups (broad SMARTS) is 2. The summed E-state index contributed by atoms with van der Waals surface area (Å²) in [6, 6.07) is 26.5. The standard InChI is InChI=1S/2C15H12O4/c2*16-15(17)7-10-1-3-11(4-2-10)12-5-6-13-14(8-12)19-9-18-13/h2*1-6,8H,7,9H2,(H,16,17). The minimum Gasteiger partial charge on any atom is -0.481 e. The van der Waals surface area contributed by atoms with Gasteiger partial charge in [-0.05, 0) is 57.6 Å². The number of fused-ring (bicyclic) bond motifs is 2. The fraction of sp³-hybridized carbons (Fsp3) is 0.133. The van der Waals surface area contributed by atoms with Gasteiger partial charge < -0.3 is 29.2 Å². The molecule has 192 valence electrons. The Bertz CT molecular complexity index is 1350. The third-order valence-electron chi connectivity index (χ3n) is 6.03. The second kappa shape index (κ2) is 11.0. The molecule has 2 aliphatic heterocycles. The van der Waals surface area contributed by atoms with Crippen molar-refractivity contribution in [1.29, 1.82) is 0 Å². The van der Waals surface area contributed by atoms with Crippen LogP contribution in [0.1, 0.15) is 11.1 Å². The zero-order valence-electron chi connectivity index (χ0n) is 20.3. The Morgan fingerprint density at radius 2 is 0.842 bits per heavy atom. The van der Waals surface area contributed by atoms with Gasteiger partial charge in [0.15, 0.2) is 23.0 Å². The summed E-state index contributed by atoms with van der Waals surface area (Å²) in [7, 11) is 0. The number of ether oxygens (including phenoxy) is 4. The number of aliphatic carboxylic acids is 2. The van der Waals surface area contributed by atoms with Crippen molar-refractivity contribution in [3.05, 3.63) is 96.1 Å². The summed E-state index contributed by atoms with van der Waals surface area (Å²) < 4.78 is 21.2. The Hall–Kier alpha value is -4.98. The van der Waals surface area contributed by atoms with Crippen molar-refractivity contribution < 1.29 is 38.7 Å². The van der Waals surface area contributed by atoms with Crippen LogP contribution < -0.4 is 18.9 Å². The molecule has 0 radical (unpaired) electrons. The van der Waals surface area contributed by atoms with E-state index < -0.39 is 11.9 Å². The SMILES string of the molecule is O=C(O)Cc1ccc(-c2ccc3c(c2)OCO3)cc1.O=C(O)Cc1ccc(-c2ccc3c(c2)OCO3)cc1. The quantitative estimate of drug-likeness (QED) is 0.352. The maximum Gasteiger partial charge on any atom is 0.307 e. The predicted molar refractivity (Wildman–Crippen MR) is 139 cm³/mol. The molecule has 0 saturated carbocycles. The largest absolute Gasteiger partial charge is 0.481 e. The molecule has 8 heteroatoms. The Labute approximate surface area is 218 Å². The lowest BCUT2D eigenvalue weighted by Crippen LogP contribution is -1.99. The minimum absolute atomic E-state index is 0.0431. The van der Waals surface area contributed by atoms with Gasteiger partial charge in [0.2, 0.25) is 13.6 Å². The first-order valence-corrected chi connectivity index (χ1v) is 11.9. The van der Waals surface area contributed by atoms with Crippen molar-refractivity contribution in [2.75, 3.05) is 13.6 Å². The highest BCUT2D eigenvalue weighted by Crippen LogP contribution is 2.37. The summed E-state index contributed by atoms with van der Waals surface area (Å²) in [6.07, 6.45) is 0.0861. The number of hydrogen-bond donors (Lipinski definition) is 2. The van der Waals surface area contributed by atoms with Gasteiger partial charge in [0.25, 0.3) is 0 Å². The van der Waals surface area contributed by atoms with E-state index in [1.165, 1.54) is 0 Å². The van der Waals surface area contributed by atoms with E-state index in [4.69, 9.17) is 29.2 Å². The first kappa shape index (κ1) is 24.7. The molecule has 0 bridgehead atoms. The van der Waals surface area contributed by atoms with Crippen molar-refractivity contribution >= 4 is 11.9 Å². The lowest BCUT2D eigenvalue weighted by atomic mass is 10.0. The van der Waals surface area contributed by atoms with Crippen LogP contribution in [0.4, 0.5) is 0 Å². The summed E-state index contributed by atoms with van der Waals surface area (Å²) in [6.45, 7) is 0.521. The van der Waals surface area contributed by atoms with E-state index in [9.17, 15) is 9.59 Å². The molecule has 4 aromatic carbocycles. The van der Waals surface area contributed by atoms with Crippen molar-refractivity contribution in [3.63, 3.8) is 0 Å². The van der Waals surface area contributed by atoms with E-state index >= 15 is 0 Å². The maximum atomic E-state index is 10.6. The van der Waals surface area contributed by atoms with E-state index in [0.29, 0.717) is 0 Å². The summed E-state index contributed by atoms with van der Waals surface area (Å²) >= 11 is 0. The van der Waals surface area contributed by atoms with Crippen molar-refractivity contribution in [3.8, 4) is 45.3 Å². The average molecular weight is 513 g/mol. The van der Waals surface area contributed by atoms with Crippen molar-refractivity contribution in [1.82, 2.24) is 0 Å². The van der Waals surface area contributed by atoms with Crippen LogP contribution in [0.2, 0.25) is 0 Å². The molecule has 0 saturated heterocycles. The molecule has 0 atom stereocenters. The molecule has 0 unspecified atom stereocenters. The predicted octanol–water partition coefficient (Wildman–Crippen LogP) is 5.42. The molecule has 0 aromatic heterocycles. The molecule has 8 nitrogen and oxygen atoms in total. The third-order valence-corrected chi connectivity index (χ3v) is 6.03. The van der Waals surface area contributed by atoms with Gasteiger partial charge in [0.1, 0.15) is 0 Å². The molecule has 6 rings (SSSR count). The third kappa shape index (κ3) is 5.87. The molecule has 2 heterocycles. The lowest BCUT2D eigenvalue weighted by molar-refractivity contribution is -0.137. The van der Waals surface area contributed by atoms with Gasteiger partial charge in [-0.2, -0.15) is 0 Å². The van der Waals surface area contributed by atoms with Gasteiger partial charge in [0.05, 0.1) is 12.8 Å². The van der Waals surface area contributed by atoms with Gasteiger partial charge in [-0.1, -0.05) is 60.7 Å². The minimum atomic E-state index is -0.823. The molecule has 2 N–H and O–H groups in total. The van der Waals surface area contributed by atoms with Gasteiger partial charge in [-0.3, -0.25) is 9.59 Å². The second-order valence-electron chi connectivity index (χ2n) is 8.67. The molecular weight excluding hydrogens is 488 g/mol. The normalized spacial score (nSPS) is 12.4. The molecular formula is C30H24O8. The van der Waals surface area contributed by atoms with Crippen LogP contribution in [0.3, 0.4) is 0 Å². The number of carboxylic acids is 2. The second-order valence-corrected chi connectivity index (χ2v) is 8.67. The monoisotopic (exact) mass is 512 g/mol. The van der Waals surface area contributed by atoms with Crippen LogP contribution in [0, 0.1) is 0 Å². The first-order valence-electron chi connectivity index (χ1n) is 11.9. The fourth-order valence-corrected chi connectivity index (χ4v) is 4.13. The summed E-state index contributed by atoms with van der Waals surface area (Å²) in [4.78, 5) is 21.2. The number of carbonyl (C=O) groups is 2. The van der Waals surface area contributed by atoms with Crippen LogP contribution in [-0.2, 0) is 22.4 Å². The van der Waals surface area contributed by atoms with Crippen LogP contribution in [-0.4, -0.2) is 35.7 Å². The Morgan fingerprint density at radius 1 is 0.500 bits per heavy atom.